The lowest BCUT2D eigenvalue weighted by Gasteiger charge is -2.40. The fourth-order valence-electron chi connectivity index (χ4n) is 4.63. The first-order chi connectivity index (χ1) is 14.0. The van der Waals surface area contributed by atoms with E-state index in [1.165, 1.54) is 18.4 Å². The smallest absolute Gasteiger partial charge is 0.241 e. The molecule has 0 aliphatic carbocycles. The number of ether oxygens (including phenoxy) is 1. The maximum absolute atomic E-state index is 12.4. The van der Waals surface area contributed by atoms with Crippen LogP contribution in [-0.2, 0) is 10.2 Å². The maximum atomic E-state index is 12.4. The summed E-state index contributed by atoms with van der Waals surface area (Å²) in [7, 11) is 0. The van der Waals surface area contributed by atoms with Gasteiger partial charge in [-0.3, -0.25) is 4.79 Å². The van der Waals surface area contributed by atoms with E-state index in [0.717, 1.165) is 30.0 Å². The molecule has 2 aromatic carbocycles. The molecule has 4 rings (SSSR count). The van der Waals surface area contributed by atoms with Crippen LogP contribution in [0.4, 0.5) is 5.69 Å². The minimum atomic E-state index is -0.580. The van der Waals surface area contributed by atoms with Crippen LogP contribution in [0.5, 0.6) is 5.75 Å². The number of amides is 1. The van der Waals surface area contributed by atoms with Crippen LogP contribution in [-0.4, -0.2) is 24.7 Å². The zero-order valence-corrected chi connectivity index (χ0v) is 17.6. The molecular weight excluding hydrogens is 360 g/mol. The number of nitrogens with one attached hydrogen (secondary N) is 1. The van der Waals surface area contributed by atoms with Crippen LogP contribution in [0.3, 0.4) is 0 Å². The topological polar surface area (TPSA) is 41.6 Å². The molecule has 2 heterocycles. The van der Waals surface area contributed by atoms with E-state index in [1.54, 1.807) is 0 Å². The van der Waals surface area contributed by atoms with E-state index in [4.69, 9.17) is 4.74 Å². The van der Waals surface area contributed by atoms with E-state index in [0.29, 0.717) is 6.54 Å². The van der Waals surface area contributed by atoms with Gasteiger partial charge in [0.15, 0.2) is 0 Å². The highest BCUT2D eigenvalue weighted by molar-refractivity contribution is 5.91. The number of para-hydroxylation sites is 2. The predicted molar refractivity (Wildman–Crippen MR) is 118 cm³/mol. The number of hydrogen-bond donors (Lipinski definition) is 1. The highest BCUT2D eigenvalue weighted by atomic mass is 16.5. The Morgan fingerprint density at radius 1 is 1.10 bits per heavy atom. The Morgan fingerprint density at radius 3 is 2.69 bits per heavy atom. The summed E-state index contributed by atoms with van der Waals surface area (Å²) in [5.74, 6) is 0.946. The van der Waals surface area contributed by atoms with Crippen LogP contribution in [0, 0.1) is 0 Å². The van der Waals surface area contributed by atoms with Gasteiger partial charge >= 0.3 is 0 Å². The fraction of sp³-hybridized carbons (Fsp3) is 0.400. The molecule has 1 saturated heterocycles. The average molecular weight is 391 g/mol. The first kappa shape index (κ1) is 19.6. The van der Waals surface area contributed by atoms with Crippen molar-refractivity contribution in [2.75, 3.05) is 18.1 Å². The van der Waals surface area contributed by atoms with Crippen LogP contribution >= 0.6 is 0 Å². The SMILES string of the molecule is CCCCCOc1ccccc1C=C[C@]12NC(=O)CN1c1ccccc1C2(C)C. The van der Waals surface area contributed by atoms with Crippen molar-refractivity contribution >= 4 is 17.7 Å². The van der Waals surface area contributed by atoms with Gasteiger partial charge in [0.05, 0.1) is 13.2 Å². The number of fused-ring (bicyclic) bond motifs is 3. The third kappa shape index (κ3) is 3.21. The van der Waals surface area contributed by atoms with E-state index in [9.17, 15) is 4.79 Å². The molecule has 0 saturated carbocycles. The Labute approximate surface area is 173 Å². The number of carbonyl (C=O) groups excluding carboxylic acids is 1. The van der Waals surface area contributed by atoms with Gasteiger partial charge in [-0.05, 0) is 30.2 Å². The van der Waals surface area contributed by atoms with Crippen LogP contribution < -0.4 is 15.0 Å². The van der Waals surface area contributed by atoms with Crippen LogP contribution in [0.15, 0.2) is 54.6 Å². The van der Waals surface area contributed by atoms with E-state index in [1.807, 2.05) is 24.3 Å². The first-order valence-corrected chi connectivity index (χ1v) is 10.6. The molecule has 2 aliphatic heterocycles. The van der Waals surface area contributed by atoms with E-state index < -0.39 is 5.66 Å². The van der Waals surface area contributed by atoms with Gasteiger partial charge in [0.2, 0.25) is 5.91 Å². The van der Waals surface area contributed by atoms with Crippen molar-refractivity contribution in [3.8, 4) is 5.75 Å². The summed E-state index contributed by atoms with van der Waals surface area (Å²) in [6, 6.07) is 16.5. The minimum Gasteiger partial charge on any atom is -0.493 e. The Morgan fingerprint density at radius 2 is 1.86 bits per heavy atom. The Bertz CT molecular complexity index is 934. The van der Waals surface area contributed by atoms with E-state index in [-0.39, 0.29) is 11.3 Å². The molecule has 1 atom stereocenters. The van der Waals surface area contributed by atoms with Gasteiger partial charge in [0.25, 0.3) is 0 Å². The van der Waals surface area contributed by atoms with Gasteiger partial charge in [-0.1, -0.05) is 76.1 Å². The summed E-state index contributed by atoms with van der Waals surface area (Å²) in [6.45, 7) is 7.70. The average Bonchev–Trinajstić information content (AvgIpc) is 3.15. The lowest BCUT2D eigenvalue weighted by atomic mass is 9.75. The second-order valence-corrected chi connectivity index (χ2v) is 8.47. The molecule has 2 aliphatic rings. The number of nitrogens with zero attached hydrogens (tertiary/aromatic N) is 1. The van der Waals surface area contributed by atoms with Gasteiger partial charge in [-0.2, -0.15) is 0 Å². The van der Waals surface area contributed by atoms with Crippen LogP contribution in [0.1, 0.15) is 51.2 Å². The molecule has 0 radical (unpaired) electrons. The monoisotopic (exact) mass is 390 g/mol. The van der Waals surface area contributed by atoms with Gasteiger partial charge in [0.1, 0.15) is 11.4 Å². The lowest BCUT2D eigenvalue weighted by Crippen LogP contribution is -2.58. The zero-order valence-electron chi connectivity index (χ0n) is 17.6. The number of carbonyl (C=O) groups is 1. The van der Waals surface area contributed by atoms with Crippen molar-refractivity contribution in [3.63, 3.8) is 0 Å². The first-order valence-electron chi connectivity index (χ1n) is 10.6. The summed E-state index contributed by atoms with van der Waals surface area (Å²) in [5, 5.41) is 3.28. The van der Waals surface area contributed by atoms with Crippen molar-refractivity contribution in [1.82, 2.24) is 5.32 Å². The quantitative estimate of drug-likeness (QED) is 0.684. The molecule has 152 valence electrons. The molecule has 1 fully saturated rings. The lowest BCUT2D eigenvalue weighted by molar-refractivity contribution is -0.118. The Kier molecular flexibility index (Phi) is 5.12. The van der Waals surface area contributed by atoms with Gasteiger partial charge in [0, 0.05) is 16.7 Å². The molecule has 4 nitrogen and oxygen atoms in total. The van der Waals surface area contributed by atoms with Crippen molar-refractivity contribution in [2.45, 2.75) is 51.1 Å². The number of benzene rings is 2. The zero-order chi connectivity index (χ0) is 20.5. The number of rotatable bonds is 7. The molecule has 1 amide bonds. The third-order valence-corrected chi connectivity index (χ3v) is 6.31. The fourth-order valence-corrected chi connectivity index (χ4v) is 4.63. The maximum Gasteiger partial charge on any atom is 0.241 e. The Hall–Kier alpha value is -2.75. The molecule has 4 heteroatoms. The summed E-state index contributed by atoms with van der Waals surface area (Å²) < 4.78 is 6.05. The normalized spacial score (nSPS) is 21.9. The summed E-state index contributed by atoms with van der Waals surface area (Å²) in [5.41, 5.74) is 2.58. The van der Waals surface area contributed by atoms with Crippen molar-refractivity contribution < 1.29 is 9.53 Å². The number of unbranched alkanes of at least 4 members (excludes halogenated alkanes) is 2. The highest BCUT2D eigenvalue weighted by Gasteiger charge is 2.59. The van der Waals surface area contributed by atoms with Gasteiger partial charge < -0.3 is 15.0 Å². The second-order valence-electron chi connectivity index (χ2n) is 8.47. The number of hydrogen-bond acceptors (Lipinski definition) is 3. The van der Waals surface area contributed by atoms with Crippen LogP contribution in [0.25, 0.3) is 6.08 Å². The minimum absolute atomic E-state index is 0.0568. The van der Waals surface area contributed by atoms with E-state index >= 15 is 0 Å². The molecule has 1 N–H and O–H groups in total. The van der Waals surface area contributed by atoms with Crippen LogP contribution in [0.2, 0.25) is 0 Å². The number of anilines is 1. The molecule has 0 bridgehead atoms. The molecular formula is C25H30N2O2. The summed E-state index contributed by atoms with van der Waals surface area (Å²) in [4.78, 5) is 14.6. The molecule has 0 spiro atoms. The largest absolute Gasteiger partial charge is 0.493 e. The molecule has 29 heavy (non-hydrogen) atoms. The summed E-state index contributed by atoms with van der Waals surface area (Å²) >= 11 is 0. The van der Waals surface area contributed by atoms with E-state index in [2.05, 4.69) is 67.4 Å². The van der Waals surface area contributed by atoms with Crippen molar-refractivity contribution in [2.24, 2.45) is 0 Å². The van der Waals surface area contributed by atoms with Gasteiger partial charge in [-0.15, -0.1) is 0 Å². The Balaban J connectivity index is 1.67. The third-order valence-electron chi connectivity index (χ3n) is 6.31. The summed E-state index contributed by atoms with van der Waals surface area (Å²) in [6.07, 6.45) is 7.66. The van der Waals surface area contributed by atoms with Gasteiger partial charge in [-0.25, -0.2) is 0 Å². The van der Waals surface area contributed by atoms with Crippen molar-refractivity contribution in [3.05, 3.63) is 65.7 Å². The van der Waals surface area contributed by atoms with Crippen molar-refractivity contribution in [1.29, 1.82) is 0 Å². The molecule has 0 unspecified atom stereocenters. The highest BCUT2D eigenvalue weighted by Crippen LogP contribution is 2.52. The molecule has 0 aromatic heterocycles. The molecule has 2 aromatic rings. The second kappa shape index (κ2) is 7.58. The standard InChI is InChI=1S/C25H30N2O2/c1-4-5-10-17-29-22-14-9-6-11-19(22)15-16-25-24(2,3)20-12-7-8-13-21(20)27(25)18-23(28)26-25/h6-9,11-16H,4-5,10,17-18H2,1-3H3,(H,26,28)/t25-/m0/s1. The predicted octanol–water partition coefficient (Wildman–Crippen LogP) is 4.89.